The Morgan fingerprint density at radius 3 is 2.86 bits per heavy atom. The minimum Gasteiger partial charge on any atom is -0.445 e. The molecule has 0 aliphatic heterocycles. The molecule has 0 N–H and O–H groups in total. The van der Waals surface area contributed by atoms with Crippen molar-refractivity contribution in [2.45, 2.75) is 26.2 Å². The van der Waals surface area contributed by atoms with Crippen molar-refractivity contribution in [3.63, 3.8) is 0 Å². The molecule has 0 bridgehead atoms. The summed E-state index contributed by atoms with van der Waals surface area (Å²) >= 11 is 0. The molecular formula is C18H22N2O. The van der Waals surface area contributed by atoms with Gasteiger partial charge in [-0.05, 0) is 38.1 Å². The fourth-order valence-electron chi connectivity index (χ4n) is 2.90. The quantitative estimate of drug-likeness (QED) is 0.863. The van der Waals surface area contributed by atoms with Crippen LogP contribution in [0.1, 0.15) is 34.9 Å². The first-order valence-electron chi connectivity index (χ1n) is 7.55. The van der Waals surface area contributed by atoms with E-state index in [9.17, 15) is 0 Å². The molecule has 0 spiro atoms. The van der Waals surface area contributed by atoms with E-state index >= 15 is 0 Å². The molecule has 0 fully saturated rings. The first-order chi connectivity index (χ1) is 10.1. The number of aromatic nitrogens is 1. The van der Waals surface area contributed by atoms with Gasteiger partial charge in [0.2, 0.25) is 0 Å². The summed E-state index contributed by atoms with van der Waals surface area (Å²) in [5, 5.41) is 0. The second-order valence-electron chi connectivity index (χ2n) is 5.87. The van der Waals surface area contributed by atoms with E-state index in [1.807, 2.05) is 6.92 Å². The average molecular weight is 282 g/mol. The van der Waals surface area contributed by atoms with Crippen molar-refractivity contribution in [2.75, 3.05) is 20.6 Å². The van der Waals surface area contributed by atoms with Gasteiger partial charge in [0.1, 0.15) is 11.5 Å². The van der Waals surface area contributed by atoms with Gasteiger partial charge in [0, 0.05) is 25.5 Å². The molecule has 0 unspecified atom stereocenters. The van der Waals surface area contributed by atoms with Crippen LogP contribution in [0.3, 0.4) is 0 Å². The van der Waals surface area contributed by atoms with E-state index < -0.39 is 0 Å². The van der Waals surface area contributed by atoms with Crippen LogP contribution in [0.5, 0.6) is 0 Å². The fourth-order valence-corrected chi connectivity index (χ4v) is 2.90. The maximum absolute atomic E-state index is 5.81. The van der Waals surface area contributed by atoms with E-state index in [1.165, 1.54) is 16.7 Å². The largest absolute Gasteiger partial charge is 0.445 e. The monoisotopic (exact) mass is 282 g/mol. The van der Waals surface area contributed by atoms with E-state index in [2.05, 4.69) is 54.3 Å². The van der Waals surface area contributed by atoms with Gasteiger partial charge in [0.25, 0.3) is 0 Å². The Hall–Kier alpha value is -1.87. The van der Waals surface area contributed by atoms with Gasteiger partial charge in [-0.2, -0.15) is 0 Å². The lowest BCUT2D eigenvalue weighted by Gasteiger charge is -2.10. The zero-order valence-corrected chi connectivity index (χ0v) is 13.0. The fraction of sp³-hybridized carbons (Fsp3) is 0.389. The molecular weight excluding hydrogens is 260 g/mol. The van der Waals surface area contributed by atoms with Crippen LogP contribution in [-0.2, 0) is 12.8 Å². The molecule has 21 heavy (non-hydrogen) atoms. The van der Waals surface area contributed by atoms with Gasteiger partial charge in [0.05, 0.1) is 0 Å². The van der Waals surface area contributed by atoms with Crippen LogP contribution >= 0.6 is 0 Å². The van der Waals surface area contributed by atoms with Crippen molar-refractivity contribution in [1.82, 2.24) is 9.88 Å². The number of benzene rings is 1. The standard InChI is InChI=1S/C18H22N2O/c1-13-19-18-16(9-6-12-20(2)3)15-8-5-4-7-14(15)10-11-17(18)21-13/h4-5,7-9H,6,10-12H2,1-3H3/b16-9-. The predicted octanol–water partition coefficient (Wildman–Crippen LogP) is 3.47. The highest BCUT2D eigenvalue weighted by molar-refractivity contribution is 5.81. The molecule has 2 aromatic rings. The predicted molar refractivity (Wildman–Crippen MR) is 85.3 cm³/mol. The number of fused-ring (bicyclic) bond motifs is 2. The van der Waals surface area contributed by atoms with E-state index in [-0.39, 0.29) is 0 Å². The van der Waals surface area contributed by atoms with Crippen LogP contribution in [0.25, 0.3) is 5.57 Å². The lowest BCUT2D eigenvalue weighted by molar-refractivity contribution is 0.417. The van der Waals surface area contributed by atoms with Gasteiger partial charge >= 0.3 is 0 Å². The first kappa shape index (κ1) is 14.1. The SMILES string of the molecule is Cc1nc2c(o1)CCc1ccccc1/C2=C/CCN(C)C. The number of rotatable bonds is 3. The maximum atomic E-state index is 5.81. The number of hydrogen-bond donors (Lipinski definition) is 0. The minimum absolute atomic E-state index is 0.762. The topological polar surface area (TPSA) is 29.3 Å². The minimum atomic E-state index is 0.762. The molecule has 3 heteroatoms. The van der Waals surface area contributed by atoms with Crippen LogP contribution in [0.4, 0.5) is 0 Å². The van der Waals surface area contributed by atoms with Gasteiger partial charge in [-0.1, -0.05) is 30.3 Å². The molecule has 0 saturated heterocycles. The summed E-state index contributed by atoms with van der Waals surface area (Å²) in [7, 11) is 4.20. The lowest BCUT2D eigenvalue weighted by Crippen LogP contribution is -2.12. The Kier molecular flexibility index (Phi) is 3.93. The molecule has 1 aliphatic rings. The molecule has 1 aromatic heterocycles. The summed E-state index contributed by atoms with van der Waals surface area (Å²) in [5.41, 5.74) is 4.97. The third-order valence-electron chi connectivity index (χ3n) is 3.91. The Labute approximate surface area is 126 Å². The van der Waals surface area contributed by atoms with Crippen molar-refractivity contribution in [1.29, 1.82) is 0 Å². The lowest BCUT2D eigenvalue weighted by atomic mass is 9.97. The Bertz CT molecular complexity index is 668. The third kappa shape index (κ3) is 2.93. The summed E-state index contributed by atoms with van der Waals surface area (Å²) in [5.74, 6) is 1.79. The second kappa shape index (κ2) is 5.86. The summed E-state index contributed by atoms with van der Waals surface area (Å²) in [4.78, 5) is 6.84. The molecule has 0 amide bonds. The number of aryl methyl sites for hydroxylation is 3. The zero-order valence-electron chi connectivity index (χ0n) is 13.0. The number of nitrogens with zero attached hydrogens (tertiary/aromatic N) is 2. The van der Waals surface area contributed by atoms with E-state index in [4.69, 9.17) is 4.42 Å². The first-order valence-corrected chi connectivity index (χ1v) is 7.55. The molecule has 1 aliphatic carbocycles. The van der Waals surface area contributed by atoms with Crippen molar-refractivity contribution in [2.24, 2.45) is 0 Å². The summed E-state index contributed by atoms with van der Waals surface area (Å²) < 4.78 is 5.81. The molecule has 3 nitrogen and oxygen atoms in total. The molecule has 0 saturated carbocycles. The molecule has 1 heterocycles. The smallest absolute Gasteiger partial charge is 0.191 e. The van der Waals surface area contributed by atoms with Crippen LogP contribution in [-0.4, -0.2) is 30.5 Å². The van der Waals surface area contributed by atoms with Gasteiger partial charge in [0.15, 0.2) is 5.89 Å². The normalized spacial score (nSPS) is 15.9. The Balaban J connectivity index is 2.06. The van der Waals surface area contributed by atoms with Crippen LogP contribution in [0.2, 0.25) is 0 Å². The average Bonchev–Trinajstić information content (AvgIpc) is 2.76. The summed E-state index contributed by atoms with van der Waals surface area (Å²) in [6.45, 7) is 2.97. The summed E-state index contributed by atoms with van der Waals surface area (Å²) in [6, 6.07) is 8.64. The highest BCUT2D eigenvalue weighted by atomic mass is 16.4. The van der Waals surface area contributed by atoms with Crippen molar-refractivity contribution in [3.05, 3.63) is 58.8 Å². The number of oxazole rings is 1. The third-order valence-corrected chi connectivity index (χ3v) is 3.91. The molecule has 110 valence electrons. The van der Waals surface area contributed by atoms with Crippen LogP contribution < -0.4 is 0 Å². The molecule has 3 rings (SSSR count). The second-order valence-corrected chi connectivity index (χ2v) is 5.87. The van der Waals surface area contributed by atoms with Crippen LogP contribution in [0.15, 0.2) is 34.8 Å². The van der Waals surface area contributed by atoms with Gasteiger partial charge in [-0.15, -0.1) is 0 Å². The Morgan fingerprint density at radius 1 is 1.24 bits per heavy atom. The van der Waals surface area contributed by atoms with Crippen LogP contribution in [0, 0.1) is 6.92 Å². The van der Waals surface area contributed by atoms with E-state index in [1.54, 1.807) is 0 Å². The van der Waals surface area contributed by atoms with E-state index in [0.717, 1.165) is 43.2 Å². The Morgan fingerprint density at radius 2 is 2.05 bits per heavy atom. The molecule has 1 aromatic carbocycles. The van der Waals surface area contributed by atoms with Crippen molar-refractivity contribution < 1.29 is 4.42 Å². The highest BCUT2D eigenvalue weighted by Crippen LogP contribution is 2.33. The number of hydrogen-bond acceptors (Lipinski definition) is 3. The summed E-state index contributed by atoms with van der Waals surface area (Å²) in [6.07, 6.45) is 5.27. The van der Waals surface area contributed by atoms with Crippen molar-refractivity contribution in [3.8, 4) is 0 Å². The molecule has 0 radical (unpaired) electrons. The highest BCUT2D eigenvalue weighted by Gasteiger charge is 2.22. The maximum Gasteiger partial charge on any atom is 0.191 e. The van der Waals surface area contributed by atoms with Gasteiger partial charge < -0.3 is 9.32 Å². The van der Waals surface area contributed by atoms with Crippen molar-refractivity contribution >= 4 is 5.57 Å². The van der Waals surface area contributed by atoms with Gasteiger partial charge in [-0.25, -0.2) is 4.98 Å². The zero-order chi connectivity index (χ0) is 14.8. The molecule has 0 atom stereocenters. The van der Waals surface area contributed by atoms with Gasteiger partial charge in [-0.3, -0.25) is 0 Å². The van der Waals surface area contributed by atoms with E-state index in [0.29, 0.717) is 0 Å².